The molecule has 9 heteroatoms. The number of hydrogen-bond acceptors (Lipinski definition) is 6. The monoisotopic (exact) mass is 522 g/mol. The number of aryl methyl sites for hydroxylation is 1. The first-order chi connectivity index (χ1) is 17.7. The Kier molecular flexibility index (Phi) is 7.00. The lowest BCUT2D eigenvalue weighted by Crippen LogP contribution is -2.38. The lowest BCUT2D eigenvalue weighted by Gasteiger charge is -2.28. The van der Waals surface area contributed by atoms with Gasteiger partial charge < -0.3 is 10.4 Å². The number of pyridine rings is 1. The first-order valence-corrected chi connectivity index (χ1v) is 13.2. The Hall–Kier alpha value is -3.30. The predicted molar refractivity (Wildman–Crippen MR) is 143 cm³/mol. The van der Waals surface area contributed by atoms with Gasteiger partial charge >= 0.3 is 0 Å². The molecule has 0 spiro atoms. The Bertz CT molecular complexity index is 1490. The number of fused-ring (bicyclic) bond motifs is 1. The van der Waals surface area contributed by atoms with Gasteiger partial charge in [0.05, 0.1) is 17.2 Å². The molecule has 1 saturated carbocycles. The van der Waals surface area contributed by atoms with Gasteiger partial charge in [-0.25, -0.2) is 13.8 Å². The van der Waals surface area contributed by atoms with Crippen LogP contribution in [0.1, 0.15) is 55.3 Å². The van der Waals surface area contributed by atoms with Gasteiger partial charge in [0.15, 0.2) is 0 Å². The van der Waals surface area contributed by atoms with E-state index in [0.29, 0.717) is 24.6 Å². The molecule has 1 aliphatic carbocycles. The van der Waals surface area contributed by atoms with Crippen molar-refractivity contribution in [3.8, 4) is 0 Å². The van der Waals surface area contributed by atoms with Crippen LogP contribution in [-0.2, 0) is 5.75 Å². The van der Waals surface area contributed by atoms with Crippen LogP contribution in [0, 0.1) is 6.92 Å². The fourth-order valence-electron chi connectivity index (χ4n) is 4.91. The number of anilines is 2. The second kappa shape index (κ2) is 10.2. The van der Waals surface area contributed by atoms with Crippen LogP contribution in [-0.4, -0.2) is 25.2 Å². The van der Waals surface area contributed by atoms with Gasteiger partial charge in [0, 0.05) is 27.9 Å². The maximum Gasteiger partial charge on any atom is 0.269 e. The van der Waals surface area contributed by atoms with Crippen LogP contribution in [0.2, 0.25) is 0 Å². The Morgan fingerprint density at radius 2 is 2.00 bits per heavy atom. The summed E-state index contributed by atoms with van der Waals surface area (Å²) in [6.07, 6.45) is 0.176. The third kappa shape index (κ3) is 5.24. The van der Waals surface area contributed by atoms with E-state index in [-0.39, 0.29) is 11.6 Å². The molecule has 0 bridgehead atoms. The van der Waals surface area contributed by atoms with Crippen molar-refractivity contribution in [2.75, 3.05) is 5.32 Å². The van der Waals surface area contributed by atoms with Gasteiger partial charge in [-0.15, -0.1) is 11.8 Å². The summed E-state index contributed by atoms with van der Waals surface area (Å²) in [6.45, 7) is 3.62. The molecule has 2 aromatic heterocycles. The Morgan fingerprint density at radius 1 is 1.22 bits per heavy atom. The van der Waals surface area contributed by atoms with Crippen LogP contribution >= 0.6 is 11.8 Å². The summed E-state index contributed by atoms with van der Waals surface area (Å²) < 4.78 is 28.6. The number of rotatable bonds is 7. The van der Waals surface area contributed by atoms with Crippen molar-refractivity contribution < 1.29 is 13.9 Å². The van der Waals surface area contributed by atoms with Crippen LogP contribution < -0.4 is 10.9 Å². The van der Waals surface area contributed by atoms with Gasteiger partial charge in [0.1, 0.15) is 5.65 Å². The highest BCUT2D eigenvalue weighted by Gasteiger charge is 2.40. The zero-order valence-corrected chi connectivity index (χ0v) is 21.4. The van der Waals surface area contributed by atoms with Crippen molar-refractivity contribution >= 4 is 34.4 Å². The Morgan fingerprint density at radius 3 is 2.68 bits per heavy atom. The third-order valence-corrected chi connectivity index (χ3v) is 7.98. The van der Waals surface area contributed by atoms with E-state index in [9.17, 15) is 18.7 Å². The number of nitrogens with zero attached hydrogens (tertiary/aromatic N) is 3. The van der Waals surface area contributed by atoms with Crippen molar-refractivity contribution in [3.05, 3.63) is 87.8 Å². The van der Waals surface area contributed by atoms with E-state index in [2.05, 4.69) is 33.5 Å². The Labute approximate surface area is 217 Å². The van der Waals surface area contributed by atoms with Crippen LogP contribution in [0.25, 0.3) is 11.0 Å². The molecule has 4 aromatic rings. The van der Waals surface area contributed by atoms with Gasteiger partial charge in [-0.3, -0.25) is 9.36 Å². The third-order valence-electron chi connectivity index (χ3n) is 6.92. The Balaban J connectivity index is 1.46. The minimum absolute atomic E-state index is 0.228. The lowest BCUT2D eigenvalue weighted by molar-refractivity contribution is 0.0261. The van der Waals surface area contributed by atoms with Crippen LogP contribution in [0.3, 0.4) is 0 Å². The molecule has 2 aromatic carbocycles. The standard InChI is InChI=1S/C28H28F2N4O2S/c1-17-13-20(37-16-18-7-4-3-5-8-18)10-11-22(17)32-27-31-15-19-14-21(24(29)30)26(35)34(25(19)33-27)23-9-6-12-28(23,2)36/h3-5,7-8,10-11,13-15,23-24,36H,6,9,12,16H2,1-2H3,(H,31,32,33)/t23-,28-/m1/s1. The van der Waals surface area contributed by atoms with Crippen molar-refractivity contribution in [2.24, 2.45) is 0 Å². The number of aliphatic hydroxyl groups is 1. The summed E-state index contributed by atoms with van der Waals surface area (Å²) in [5, 5.41) is 14.4. The van der Waals surface area contributed by atoms with E-state index in [1.165, 1.54) is 16.3 Å². The molecule has 2 N–H and O–H groups in total. The molecule has 0 unspecified atom stereocenters. The van der Waals surface area contributed by atoms with Gasteiger partial charge in [-0.05, 0) is 68.5 Å². The number of nitrogens with one attached hydrogen (secondary N) is 1. The summed E-state index contributed by atoms with van der Waals surface area (Å²) in [4.78, 5) is 23.1. The van der Waals surface area contributed by atoms with Crippen molar-refractivity contribution in [3.63, 3.8) is 0 Å². The minimum Gasteiger partial charge on any atom is -0.388 e. The zero-order valence-electron chi connectivity index (χ0n) is 20.6. The van der Waals surface area contributed by atoms with E-state index < -0.39 is 29.2 Å². The number of alkyl halides is 2. The molecule has 2 atom stereocenters. The van der Waals surface area contributed by atoms with Gasteiger partial charge in [-0.1, -0.05) is 30.3 Å². The summed E-state index contributed by atoms with van der Waals surface area (Å²) in [5.74, 6) is 1.11. The highest BCUT2D eigenvalue weighted by molar-refractivity contribution is 7.98. The maximum atomic E-state index is 13.7. The molecule has 0 aliphatic heterocycles. The van der Waals surface area contributed by atoms with Gasteiger partial charge in [0.2, 0.25) is 5.95 Å². The molecular formula is C28H28F2N4O2S. The van der Waals surface area contributed by atoms with Crippen molar-refractivity contribution in [1.29, 1.82) is 0 Å². The van der Waals surface area contributed by atoms with Crippen molar-refractivity contribution in [2.45, 2.75) is 61.8 Å². The quantitative estimate of drug-likeness (QED) is 0.268. The number of hydrogen-bond donors (Lipinski definition) is 2. The molecule has 1 aliphatic rings. The molecule has 0 radical (unpaired) electrons. The topological polar surface area (TPSA) is 80.0 Å². The predicted octanol–water partition coefficient (Wildman–Crippen LogP) is 6.55. The molecule has 6 nitrogen and oxygen atoms in total. The second-order valence-corrected chi connectivity index (χ2v) is 10.7. The highest BCUT2D eigenvalue weighted by atomic mass is 32.2. The lowest BCUT2D eigenvalue weighted by atomic mass is 9.99. The highest BCUT2D eigenvalue weighted by Crippen LogP contribution is 2.40. The number of halogens is 2. The first-order valence-electron chi connectivity index (χ1n) is 12.2. The first kappa shape index (κ1) is 25.4. The fourth-order valence-corrected chi connectivity index (χ4v) is 5.86. The number of benzene rings is 2. The van der Waals surface area contributed by atoms with E-state index in [0.717, 1.165) is 28.0 Å². The minimum atomic E-state index is -2.94. The number of thioether (sulfide) groups is 1. The molecule has 0 saturated heterocycles. The van der Waals surface area contributed by atoms with E-state index >= 15 is 0 Å². The van der Waals surface area contributed by atoms with Crippen molar-refractivity contribution in [1.82, 2.24) is 14.5 Å². The average molecular weight is 523 g/mol. The molecule has 0 amide bonds. The van der Waals surface area contributed by atoms with Crippen LogP contribution in [0.4, 0.5) is 20.4 Å². The summed E-state index contributed by atoms with van der Waals surface area (Å²) in [5.41, 5.74) is 0.639. The van der Waals surface area contributed by atoms with E-state index in [4.69, 9.17) is 0 Å². The summed E-state index contributed by atoms with van der Waals surface area (Å²) >= 11 is 1.74. The average Bonchev–Trinajstić information content (AvgIpc) is 3.22. The fraction of sp³-hybridized carbons (Fsp3) is 0.321. The van der Waals surface area contributed by atoms with Gasteiger partial charge in [-0.2, -0.15) is 4.98 Å². The van der Waals surface area contributed by atoms with E-state index in [1.807, 2.05) is 37.3 Å². The molecule has 2 heterocycles. The van der Waals surface area contributed by atoms with E-state index in [1.54, 1.807) is 18.7 Å². The second-order valence-electron chi connectivity index (χ2n) is 9.69. The molecule has 37 heavy (non-hydrogen) atoms. The molecule has 1 fully saturated rings. The summed E-state index contributed by atoms with van der Waals surface area (Å²) in [7, 11) is 0. The van der Waals surface area contributed by atoms with Crippen LogP contribution in [0.15, 0.2) is 70.5 Å². The van der Waals surface area contributed by atoms with Crippen LogP contribution in [0.5, 0.6) is 0 Å². The largest absolute Gasteiger partial charge is 0.388 e. The smallest absolute Gasteiger partial charge is 0.269 e. The SMILES string of the molecule is Cc1cc(SCc2ccccc2)ccc1Nc1ncc2cc(C(F)F)c(=O)n([C@@H]3CCC[C@@]3(C)O)c2n1. The molecule has 192 valence electrons. The van der Waals surface area contributed by atoms with Gasteiger partial charge in [0.25, 0.3) is 12.0 Å². The number of aromatic nitrogens is 3. The normalized spacial score (nSPS) is 19.6. The zero-order chi connectivity index (χ0) is 26.2. The maximum absolute atomic E-state index is 13.7. The molecular weight excluding hydrogens is 494 g/mol. The summed E-state index contributed by atoms with van der Waals surface area (Å²) in [6, 6.07) is 16.8. The molecule has 5 rings (SSSR count).